The highest BCUT2D eigenvalue weighted by molar-refractivity contribution is 4.90. The molecule has 0 heterocycles. The average Bonchev–Trinajstić information content (AvgIpc) is 2.84. The SMILES string of the molecule is CC.CN.C[C@@H]1CCC2(CCCC2)C1. The van der Waals surface area contributed by atoms with Crippen LogP contribution < -0.4 is 5.73 Å². The predicted octanol–water partition coefficient (Wildman–Crippen LogP) is 3.97. The third-order valence-corrected chi connectivity index (χ3v) is 3.61. The number of rotatable bonds is 0. The van der Waals surface area contributed by atoms with Gasteiger partial charge >= 0.3 is 0 Å². The Hall–Kier alpha value is -0.0400. The second kappa shape index (κ2) is 7.28. The van der Waals surface area contributed by atoms with Gasteiger partial charge in [0, 0.05) is 0 Å². The first kappa shape index (κ1) is 14.0. The largest absolute Gasteiger partial charge is 0.333 e. The molecular weight excluding hydrogens is 170 g/mol. The molecule has 1 nitrogen and oxygen atoms in total. The van der Waals surface area contributed by atoms with Gasteiger partial charge < -0.3 is 5.73 Å². The van der Waals surface area contributed by atoms with Crippen LogP contribution in [0.5, 0.6) is 0 Å². The van der Waals surface area contributed by atoms with E-state index in [1.165, 1.54) is 26.3 Å². The molecule has 1 atom stereocenters. The van der Waals surface area contributed by atoms with E-state index in [1.807, 2.05) is 13.8 Å². The average molecular weight is 199 g/mol. The first-order valence-corrected chi connectivity index (χ1v) is 6.39. The molecule has 0 aromatic heterocycles. The Morgan fingerprint density at radius 1 is 1.00 bits per heavy atom. The minimum absolute atomic E-state index is 0.861. The van der Waals surface area contributed by atoms with E-state index in [1.54, 1.807) is 25.7 Å². The molecule has 2 aliphatic carbocycles. The highest BCUT2D eigenvalue weighted by Gasteiger charge is 2.39. The molecule has 1 spiro atoms. The van der Waals surface area contributed by atoms with E-state index in [2.05, 4.69) is 12.7 Å². The summed E-state index contributed by atoms with van der Waals surface area (Å²) < 4.78 is 0. The van der Waals surface area contributed by atoms with Crippen LogP contribution in [0.1, 0.15) is 65.7 Å². The van der Waals surface area contributed by atoms with Crippen LogP contribution in [0.15, 0.2) is 0 Å². The maximum Gasteiger partial charge on any atom is -0.0195 e. The Bertz CT molecular complexity index is 125. The van der Waals surface area contributed by atoms with Crippen molar-refractivity contribution >= 4 is 0 Å². The monoisotopic (exact) mass is 199 g/mol. The third-order valence-electron chi connectivity index (χ3n) is 3.61. The Morgan fingerprint density at radius 3 is 1.86 bits per heavy atom. The first-order chi connectivity index (χ1) is 6.81. The van der Waals surface area contributed by atoms with Gasteiger partial charge in [0.2, 0.25) is 0 Å². The topological polar surface area (TPSA) is 26.0 Å². The van der Waals surface area contributed by atoms with Crippen LogP contribution in [0, 0.1) is 11.3 Å². The summed E-state index contributed by atoms with van der Waals surface area (Å²) >= 11 is 0. The van der Waals surface area contributed by atoms with Gasteiger partial charge in [0.15, 0.2) is 0 Å². The van der Waals surface area contributed by atoms with Gasteiger partial charge in [0.25, 0.3) is 0 Å². The lowest BCUT2D eigenvalue weighted by Crippen LogP contribution is -2.10. The van der Waals surface area contributed by atoms with Gasteiger partial charge in [-0.15, -0.1) is 0 Å². The molecule has 0 aliphatic heterocycles. The highest BCUT2D eigenvalue weighted by atomic mass is 14.4. The Kier molecular flexibility index (Phi) is 7.26. The molecule has 2 fully saturated rings. The third kappa shape index (κ3) is 3.61. The molecule has 0 aromatic rings. The summed E-state index contributed by atoms with van der Waals surface area (Å²) in [4.78, 5) is 0. The van der Waals surface area contributed by atoms with E-state index in [-0.39, 0.29) is 0 Å². The Morgan fingerprint density at radius 2 is 1.50 bits per heavy atom. The molecular formula is C13H29N. The van der Waals surface area contributed by atoms with Crippen molar-refractivity contribution in [2.24, 2.45) is 17.1 Å². The van der Waals surface area contributed by atoms with Gasteiger partial charge in [-0.05, 0) is 44.1 Å². The van der Waals surface area contributed by atoms with Crippen molar-refractivity contribution < 1.29 is 0 Å². The van der Waals surface area contributed by atoms with Crippen LogP contribution in [0.3, 0.4) is 0 Å². The maximum atomic E-state index is 4.50. The molecule has 2 saturated carbocycles. The second-order valence-electron chi connectivity index (χ2n) is 4.56. The van der Waals surface area contributed by atoms with E-state index in [4.69, 9.17) is 0 Å². The quantitative estimate of drug-likeness (QED) is 0.627. The molecule has 14 heavy (non-hydrogen) atoms. The normalized spacial score (nSPS) is 27.6. The van der Waals surface area contributed by atoms with Gasteiger partial charge in [-0.3, -0.25) is 0 Å². The smallest absolute Gasteiger partial charge is 0.0195 e. The lowest BCUT2D eigenvalue weighted by atomic mass is 9.84. The van der Waals surface area contributed by atoms with Crippen LogP contribution >= 0.6 is 0 Å². The molecule has 86 valence electrons. The van der Waals surface area contributed by atoms with E-state index >= 15 is 0 Å². The molecule has 0 amide bonds. The van der Waals surface area contributed by atoms with Gasteiger partial charge in [-0.2, -0.15) is 0 Å². The minimum Gasteiger partial charge on any atom is -0.333 e. The van der Waals surface area contributed by atoms with Gasteiger partial charge in [-0.1, -0.05) is 40.0 Å². The van der Waals surface area contributed by atoms with Crippen molar-refractivity contribution in [3.8, 4) is 0 Å². The number of hydrogen-bond donors (Lipinski definition) is 1. The fraction of sp³-hybridized carbons (Fsp3) is 1.00. The van der Waals surface area contributed by atoms with Crippen LogP contribution in [0.25, 0.3) is 0 Å². The van der Waals surface area contributed by atoms with E-state index in [9.17, 15) is 0 Å². The summed E-state index contributed by atoms with van der Waals surface area (Å²) in [5, 5.41) is 0. The van der Waals surface area contributed by atoms with Crippen molar-refractivity contribution in [2.75, 3.05) is 7.05 Å². The zero-order chi connectivity index (χ0) is 11.0. The van der Waals surface area contributed by atoms with Gasteiger partial charge in [0.1, 0.15) is 0 Å². The van der Waals surface area contributed by atoms with Crippen LogP contribution in [0.2, 0.25) is 0 Å². The van der Waals surface area contributed by atoms with Crippen molar-refractivity contribution in [3.63, 3.8) is 0 Å². The van der Waals surface area contributed by atoms with E-state index in [0.29, 0.717) is 0 Å². The fourth-order valence-corrected chi connectivity index (χ4v) is 3.08. The van der Waals surface area contributed by atoms with Crippen molar-refractivity contribution in [2.45, 2.75) is 65.7 Å². The minimum atomic E-state index is 0.861. The predicted molar refractivity (Wildman–Crippen MR) is 65.4 cm³/mol. The zero-order valence-electron chi connectivity index (χ0n) is 10.6. The number of nitrogens with two attached hydrogens (primary N) is 1. The van der Waals surface area contributed by atoms with Gasteiger partial charge in [0.05, 0.1) is 0 Å². The Balaban J connectivity index is 0.000000379. The molecule has 2 rings (SSSR count). The van der Waals surface area contributed by atoms with E-state index < -0.39 is 0 Å². The molecule has 0 aromatic carbocycles. The van der Waals surface area contributed by atoms with Crippen LogP contribution in [0.4, 0.5) is 0 Å². The molecule has 0 bridgehead atoms. The molecule has 0 radical (unpaired) electrons. The van der Waals surface area contributed by atoms with Crippen LogP contribution in [-0.4, -0.2) is 7.05 Å². The first-order valence-electron chi connectivity index (χ1n) is 6.39. The molecule has 0 saturated heterocycles. The Labute approximate surface area is 90.5 Å². The lowest BCUT2D eigenvalue weighted by molar-refractivity contribution is 0.298. The van der Waals surface area contributed by atoms with Crippen molar-refractivity contribution in [1.29, 1.82) is 0 Å². The molecule has 0 unspecified atom stereocenters. The fourth-order valence-electron chi connectivity index (χ4n) is 3.08. The molecule has 2 N–H and O–H groups in total. The lowest BCUT2D eigenvalue weighted by Gasteiger charge is -2.21. The standard InChI is InChI=1S/C10H18.C2H6.CH5N/c1-9-4-7-10(8-9)5-2-3-6-10;2*1-2/h9H,2-8H2,1H3;1-2H3;2H2,1H3/t9-;;/m1../s1. The summed E-state index contributed by atoms with van der Waals surface area (Å²) in [6, 6.07) is 0. The summed E-state index contributed by atoms with van der Waals surface area (Å²) in [7, 11) is 1.50. The number of hydrogen-bond acceptors (Lipinski definition) is 1. The zero-order valence-corrected chi connectivity index (χ0v) is 10.6. The van der Waals surface area contributed by atoms with Crippen LogP contribution in [-0.2, 0) is 0 Å². The second-order valence-corrected chi connectivity index (χ2v) is 4.56. The summed E-state index contributed by atoms with van der Waals surface area (Å²) in [5.74, 6) is 1.04. The van der Waals surface area contributed by atoms with Crippen molar-refractivity contribution in [3.05, 3.63) is 0 Å². The highest BCUT2D eigenvalue weighted by Crippen LogP contribution is 2.52. The van der Waals surface area contributed by atoms with Crippen molar-refractivity contribution in [1.82, 2.24) is 0 Å². The van der Waals surface area contributed by atoms with E-state index in [0.717, 1.165) is 11.3 Å². The summed E-state index contributed by atoms with van der Waals surface area (Å²) in [5.41, 5.74) is 5.36. The summed E-state index contributed by atoms with van der Waals surface area (Å²) in [6.45, 7) is 6.42. The van der Waals surface area contributed by atoms with Gasteiger partial charge in [-0.25, -0.2) is 0 Å². The summed E-state index contributed by atoms with van der Waals surface area (Å²) in [6.07, 6.45) is 10.8. The molecule has 1 heteroatoms. The maximum absolute atomic E-state index is 4.50. The molecule has 2 aliphatic rings.